The van der Waals surface area contributed by atoms with Crippen LogP contribution in [0.4, 0.5) is 0 Å². The van der Waals surface area contributed by atoms with E-state index in [1.807, 2.05) is 198 Å². The number of rotatable bonds is 29. The van der Waals surface area contributed by atoms with Gasteiger partial charge in [0.05, 0.1) is 7.11 Å². The summed E-state index contributed by atoms with van der Waals surface area (Å²) in [4.78, 5) is 111. The lowest BCUT2D eigenvalue weighted by Gasteiger charge is -2.26. The topological polar surface area (TPSA) is 218 Å². The van der Waals surface area contributed by atoms with E-state index in [0.717, 1.165) is 82.4 Å². The Morgan fingerprint density at radius 3 is 0.537 bits per heavy atom. The zero-order valence-corrected chi connectivity index (χ0v) is 76.0. The number of hydrogen-bond acceptors (Lipinski definition) is 16. The van der Waals surface area contributed by atoms with Gasteiger partial charge in [0.25, 0.3) is 0 Å². The zero-order chi connectivity index (χ0) is 94.9. The number of methoxy groups -OCH3 is 1. The highest BCUT2D eigenvalue weighted by molar-refractivity contribution is 6.13. The maximum Gasteiger partial charge on any atom is 0.193 e. The number of hydrogen-bond donors (Lipinski definition) is 0. The Morgan fingerprint density at radius 1 is 0.191 bits per heavy atom. The van der Waals surface area contributed by atoms with Gasteiger partial charge in [0.2, 0.25) is 0 Å². The molecular formula is C120H102O16. The van der Waals surface area contributed by atoms with Crippen molar-refractivity contribution in [3.05, 3.63) is 483 Å². The van der Waals surface area contributed by atoms with E-state index in [1.165, 1.54) is 25.0 Å². The number of ether oxygens (including phenoxy) is 7. The molecule has 1 saturated carbocycles. The van der Waals surface area contributed by atoms with Crippen molar-refractivity contribution in [1.82, 2.24) is 0 Å². The van der Waals surface area contributed by atoms with Crippen LogP contribution in [0.25, 0.3) is 11.1 Å². The average Bonchev–Trinajstić information content (AvgIpc) is 0.798. The highest BCUT2D eigenvalue weighted by Gasteiger charge is 2.29. The number of Topliss-reactive ketones (excluding diaryl/α,β-unsaturated/α-hetero) is 4. The van der Waals surface area contributed by atoms with Gasteiger partial charge in [-0.3, -0.25) is 43.2 Å². The standard InChI is InChI=1S/C35H32O5.2C28H22O4.C28H22O3.CH4/c1-23-3-15-30(16-4-23)39-31-17-11-28(12-18-31)35(38)29-13-21-33(22-14-29)40-32-19-9-27(10-20-32)34(37)26-7-5-25(6-8-26)24(2)36;1-19-3-13-25(14-4-19)32-26-17-11-23(12-18-26)28(30)21-7-5-20(6-8-21)27(29)22-9-15-24(31-2)16-10-22;1-19-3-11-24(12-4-19)31-26-15-17-27(18-16-26)32-25-13-9-23(10-14-25)28(30)22-7-5-21(6-8-22)20(2)29;1-19-3-15-26(16-4-19)31-27-17-13-23(14-18-27)22-7-11-25(12-8-22)28(30)24-9-5-21(6-10-24)20(2)29;/h3-4,9-22,25-26H,5-8H2,1-2H3;2*3-18H,1-2H3;3-18H,1-2H3;1H4. The molecule has 0 heterocycles. The van der Waals surface area contributed by atoms with Crippen LogP contribution < -0.4 is 33.2 Å². The SMILES string of the molecule is C.CC(=O)C1CCC(C(=O)c2ccc(Oc3ccc(C(=O)c4ccc(Oc5ccc(C)cc5)cc4)cc3)cc2)CC1.CC(=O)c1ccc(C(=O)c2ccc(-c3ccc(Oc4ccc(C)cc4)cc3)cc2)cc1.CC(=O)c1ccc(C(=O)c2ccc(Oc3ccc(Oc4ccc(C)cc4)cc3)cc2)cc1.COc1ccc(C(=O)c2ccc(C(=O)c3ccc(Oc4ccc(C)cc4)cc3)cc2)cc1. The quantitative estimate of drug-likeness (QED) is 0.0398. The zero-order valence-electron chi connectivity index (χ0n) is 76.0. The second-order valence-corrected chi connectivity index (χ2v) is 32.8. The van der Waals surface area contributed by atoms with E-state index in [0.29, 0.717) is 113 Å². The molecule has 0 bridgehead atoms. The summed E-state index contributed by atoms with van der Waals surface area (Å²) in [7, 11) is 1.58. The van der Waals surface area contributed by atoms with Crippen LogP contribution in [-0.4, -0.2) is 59.2 Å². The van der Waals surface area contributed by atoms with Crippen LogP contribution in [0.15, 0.2) is 388 Å². The molecule has 17 rings (SSSR count). The van der Waals surface area contributed by atoms with Gasteiger partial charge in [0, 0.05) is 84.2 Å². The number of carbonyl (C=O) groups is 9. The van der Waals surface area contributed by atoms with Gasteiger partial charge in [-0.25, -0.2) is 0 Å². The summed E-state index contributed by atoms with van der Waals surface area (Å²) in [6.45, 7) is 12.8. The molecule has 0 atom stereocenters. The lowest BCUT2D eigenvalue weighted by Crippen LogP contribution is -2.25. The highest BCUT2D eigenvalue weighted by atomic mass is 16.5. The summed E-state index contributed by atoms with van der Waals surface area (Å²) in [5.74, 6) is 8.98. The smallest absolute Gasteiger partial charge is 0.193 e. The number of aryl methyl sites for hydroxylation is 4. The van der Waals surface area contributed by atoms with Crippen molar-refractivity contribution in [2.75, 3.05) is 7.11 Å². The Kier molecular flexibility index (Phi) is 32.9. The normalized spacial score (nSPS) is 12.2. The van der Waals surface area contributed by atoms with Crippen LogP contribution in [0.2, 0.25) is 0 Å². The highest BCUT2D eigenvalue weighted by Crippen LogP contribution is 2.36. The van der Waals surface area contributed by atoms with Crippen molar-refractivity contribution >= 4 is 52.0 Å². The van der Waals surface area contributed by atoms with Crippen molar-refractivity contribution in [2.45, 2.75) is 81.6 Å². The van der Waals surface area contributed by atoms with E-state index < -0.39 is 0 Å². The molecule has 678 valence electrons. The van der Waals surface area contributed by atoms with Gasteiger partial charge >= 0.3 is 0 Å². The Morgan fingerprint density at radius 2 is 0.338 bits per heavy atom. The molecule has 16 nitrogen and oxygen atoms in total. The summed E-state index contributed by atoms with van der Waals surface area (Å²) in [6.07, 6.45) is 3.11. The van der Waals surface area contributed by atoms with Gasteiger partial charge in [0.1, 0.15) is 80.5 Å². The molecule has 1 fully saturated rings. The van der Waals surface area contributed by atoms with Crippen molar-refractivity contribution in [2.24, 2.45) is 11.8 Å². The first-order chi connectivity index (χ1) is 65.3. The summed E-state index contributed by atoms with van der Waals surface area (Å²) >= 11 is 0. The van der Waals surface area contributed by atoms with Gasteiger partial charge in [-0.05, 0) is 316 Å². The van der Waals surface area contributed by atoms with Crippen LogP contribution in [0.1, 0.15) is 187 Å². The molecule has 16 aromatic carbocycles. The number of carbonyl (C=O) groups excluding carboxylic acids is 9. The van der Waals surface area contributed by atoms with Gasteiger partial charge in [-0.15, -0.1) is 0 Å². The van der Waals surface area contributed by atoms with E-state index in [9.17, 15) is 43.2 Å². The first-order valence-electron chi connectivity index (χ1n) is 44.3. The molecule has 16 heteroatoms. The lowest BCUT2D eigenvalue weighted by molar-refractivity contribution is -0.121. The molecule has 136 heavy (non-hydrogen) atoms. The third kappa shape index (κ3) is 26.7. The van der Waals surface area contributed by atoms with Crippen LogP contribution in [0.3, 0.4) is 0 Å². The fraction of sp³-hybridized carbons (Fsp3) is 0.125. The second kappa shape index (κ2) is 46.3. The molecule has 0 spiro atoms. The number of ketones is 9. The molecule has 0 radical (unpaired) electrons. The first-order valence-corrected chi connectivity index (χ1v) is 44.3. The molecule has 0 amide bonds. The van der Waals surface area contributed by atoms with Crippen LogP contribution in [0.5, 0.6) is 74.7 Å². The summed E-state index contributed by atoms with van der Waals surface area (Å²) in [5.41, 5.74) is 14.1. The van der Waals surface area contributed by atoms with E-state index in [4.69, 9.17) is 33.2 Å². The van der Waals surface area contributed by atoms with Crippen molar-refractivity contribution < 1.29 is 76.3 Å². The van der Waals surface area contributed by atoms with Crippen molar-refractivity contribution in [3.63, 3.8) is 0 Å². The number of benzene rings is 16. The molecule has 1 aliphatic carbocycles. The van der Waals surface area contributed by atoms with Gasteiger partial charge in [0.15, 0.2) is 46.3 Å². The maximum absolute atomic E-state index is 13.0. The van der Waals surface area contributed by atoms with Crippen LogP contribution in [-0.2, 0) is 4.79 Å². The summed E-state index contributed by atoms with van der Waals surface area (Å²) in [6, 6.07) is 116. The molecule has 0 aliphatic heterocycles. The fourth-order valence-electron chi connectivity index (χ4n) is 14.8. The minimum absolute atomic E-state index is 0. The molecule has 0 aromatic heterocycles. The van der Waals surface area contributed by atoms with Gasteiger partial charge in [-0.2, -0.15) is 0 Å². The van der Waals surface area contributed by atoms with Crippen molar-refractivity contribution in [3.8, 4) is 85.9 Å². The van der Waals surface area contributed by atoms with Crippen LogP contribution >= 0.6 is 0 Å². The van der Waals surface area contributed by atoms with E-state index >= 15 is 0 Å². The summed E-state index contributed by atoms with van der Waals surface area (Å²) < 4.78 is 40.3. The van der Waals surface area contributed by atoms with Crippen LogP contribution in [0, 0.1) is 39.5 Å². The summed E-state index contributed by atoms with van der Waals surface area (Å²) in [5, 5.41) is 0. The fourth-order valence-corrected chi connectivity index (χ4v) is 14.8. The first kappa shape index (κ1) is 96.7. The Hall–Kier alpha value is -16.9. The third-order valence-electron chi connectivity index (χ3n) is 22.8. The Balaban J connectivity index is 0.000000154. The Bertz CT molecular complexity index is 6790. The van der Waals surface area contributed by atoms with Gasteiger partial charge in [-0.1, -0.05) is 187 Å². The third-order valence-corrected chi connectivity index (χ3v) is 22.8. The minimum Gasteiger partial charge on any atom is -0.497 e. The molecule has 16 aromatic rings. The van der Waals surface area contributed by atoms with Gasteiger partial charge < -0.3 is 33.2 Å². The second-order valence-electron chi connectivity index (χ2n) is 32.8. The predicted octanol–water partition coefficient (Wildman–Crippen LogP) is 29.2. The Labute approximate surface area is 792 Å². The minimum atomic E-state index is -0.115. The maximum atomic E-state index is 13.0. The lowest BCUT2D eigenvalue weighted by atomic mass is 9.77. The molecule has 1 aliphatic rings. The predicted molar refractivity (Wildman–Crippen MR) is 532 cm³/mol. The van der Waals surface area contributed by atoms with Crippen molar-refractivity contribution in [1.29, 1.82) is 0 Å². The van der Waals surface area contributed by atoms with E-state index in [1.54, 1.807) is 232 Å². The molecule has 0 N–H and O–H groups in total. The average molecular weight is 1800 g/mol. The van der Waals surface area contributed by atoms with E-state index in [-0.39, 0.29) is 71.3 Å². The largest absolute Gasteiger partial charge is 0.497 e. The molecular weight excluding hydrogens is 1700 g/mol. The van der Waals surface area contributed by atoms with E-state index in [2.05, 4.69) is 0 Å². The monoisotopic (exact) mass is 1800 g/mol. The molecule has 0 saturated heterocycles. The molecule has 0 unspecified atom stereocenters.